The summed E-state index contributed by atoms with van der Waals surface area (Å²) in [5.74, 6) is -1.02. The van der Waals surface area contributed by atoms with Gasteiger partial charge >= 0.3 is 0 Å². The molecule has 4 rings (SSSR count). The first-order valence-corrected chi connectivity index (χ1v) is 10.9. The minimum absolute atomic E-state index is 0.0578. The highest BCUT2D eigenvalue weighted by Crippen LogP contribution is 2.34. The molecule has 0 saturated carbocycles. The number of halogens is 2. The smallest absolute Gasteiger partial charge is 0.238 e. The highest BCUT2D eigenvalue weighted by molar-refractivity contribution is 6.42. The molecule has 2 saturated heterocycles. The van der Waals surface area contributed by atoms with E-state index in [9.17, 15) is 9.59 Å². The topological polar surface area (TPSA) is 40.6 Å². The zero-order valence-electron chi connectivity index (χ0n) is 16.2. The van der Waals surface area contributed by atoms with Crippen molar-refractivity contribution in [1.82, 2.24) is 9.80 Å². The van der Waals surface area contributed by atoms with Crippen molar-refractivity contribution in [3.63, 3.8) is 0 Å². The Hall–Kier alpha value is -1.88. The lowest BCUT2D eigenvalue weighted by molar-refractivity contribution is -0.144. The molecule has 2 heterocycles. The molecular formula is C23H24Cl2N2O2. The van der Waals surface area contributed by atoms with Crippen LogP contribution in [0.15, 0.2) is 48.5 Å². The highest BCUT2D eigenvalue weighted by Gasteiger charge is 2.40. The molecule has 2 aliphatic rings. The maximum Gasteiger partial charge on any atom is 0.238 e. The third-order valence-corrected chi connectivity index (χ3v) is 6.66. The average Bonchev–Trinajstić information content (AvgIpc) is 3.23. The van der Waals surface area contributed by atoms with E-state index in [1.165, 1.54) is 12.8 Å². The largest absolute Gasteiger partial charge is 0.333 e. The number of nitrogens with zero attached hydrogens (tertiary/aromatic N) is 2. The SMILES string of the molecule is O=C1CCN(C(CN2CCCC2)c2ccccc2)C(=O)C1c1ccc(Cl)c(Cl)c1. The van der Waals surface area contributed by atoms with Gasteiger partial charge < -0.3 is 9.80 Å². The Bertz CT molecular complexity index is 897. The average molecular weight is 431 g/mol. The zero-order valence-corrected chi connectivity index (χ0v) is 17.7. The second-order valence-electron chi connectivity index (χ2n) is 7.79. The lowest BCUT2D eigenvalue weighted by Gasteiger charge is -2.39. The second kappa shape index (κ2) is 8.86. The van der Waals surface area contributed by atoms with Crippen molar-refractivity contribution in [2.45, 2.75) is 31.2 Å². The first-order chi connectivity index (χ1) is 14.0. The number of hydrogen-bond acceptors (Lipinski definition) is 3. The number of carbonyl (C=O) groups excluding carboxylic acids is 2. The van der Waals surface area contributed by atoms with Gasteiger partial charge in [-0.3, -0.25) is 9.59 Å². The van der Waals surface area contributed by atoms with Crippen molar-refractivity contribution < 1.29 is 9.59 Å². The number of carbonyl (C=O) groups is 2. The zero-order chi connectivity index (χ0) is 20.4. The second-order valence-corrected chi connectivity index (χ2v) is 8.60. The summed E-state index contributed by atoms with van der Waals surface area (Å²) in [7, 11) is 0. The third-order valence-electron chi connectivity index (χ3n) is 5.92. The Labute approximate surface area is 181 Å². The Morgan fingerprint density at radius 1 is 0.931 bits per heavy atom. The monoisotopic (exact) mass is 430 g/mol. The van der Waals surface area contributed by atoms with Crippen LogP contribution in [0.3, 0.4) is 0 Å². The molecule has 29 heavy (non-hydrogen) atoms. The van der Waals surface area contributed by atoms with Crippen molar-refractivity contribution in [1.29, 1.82) is 0 Å². The summed E-state index contributed by atoms with van der Waals surface area (Å²) in [5.41, 5.74) is 1.72. The molecular weight excluding hydrogens is 407 g/mol. The fraction of sp³-hybridized carbons (Fsp3) is 0.391. The van der Waals surface area contributed by atoms with Gasteiger partial charge in [0.15, 0.2) is 5.78 Å². The third kappa shape index (κ3) is 4.35. The maximum absolute atomic E-state index is 13.5. The Morgan fingerprint density at radius 2 is 1.66 bits per heavy atom. The summed E-state index contributed by atoms with van der Waals surface area (Å²) >= 11 is 12.2. The number of piperidine rings is 1. The van der Waals surface area contributed by atoms with Crippen LogP contribution in [-0.4, -0.2) is 47.7 Å². The molecule has 0 N–H and O–H groups in total. The number of likely N-dealkylation sites (tertiary alicyclic amines) is 2. The van der Waals surface area contributed by atoms with Crippen LogP contribution in [0.1, 0.15) is 42.3 Å². The van der Waals surface area contributed by atoms with Crippen LogP contribution in [-0.2, 0) is 9.59 Å². The molecule has 2 aromatic carbocycles. The van der Waals surface area contributed by atoms with Crippen LogP contribution in [0, 0.1) is 0 Å². The van der Waals surface area contributed by atoms with Crippen molar-refractivity contribution in [3.05, 3.63) is 69.7 Å². The number of ketones is 1. The summed E-state index contributed by atoms with van der Waals surface area (Å²) in [6.45, 7) is 3.35. The first kappa shape index (κ1) is 20.4. The molecule has 0 bridgehead atoms. The van der Waals surface area contributed by atoms with E-state index < -0.39 is 5.92 Å². The van der Waals surface area contributed by atoms with Gasteiger partial charge in [0, 0.05) is 19.5 Å². The fourth-order valence-corrected chi connectivity index (χ4v) is 4.69. The van der Waals surface area contributed by atoms with E-state index in [0.29, 0.717) is 28.6 Å². The molecule has 2 aliphatic heterocycles. The van der Waals surface area contributed by atoms with Crippen LogP contribution in [0.25, 0.3) is 0 Å². The number of rotatable bonds is 5. The van der Waals surface area contributed by atoms with Gasteiger partial charge in [0.2, 0.25) is 5.91 Å². The van der Waals surface area contributed by atoms with E-state index in [4.69, 9.17) is 23.2 Å². The summed E-state index contributed by atoms with van der Waals surface area (Å²) < 4.78 is 0. The molecule has 1 amide bonds. The van der Waals surface area contributed by atoms with E-state index in [2.05, 4.69) is 17.0 Å². The molecule has 0 spiro atoms. The van der Waals surface area contributed by atoms with E-state index >= 15 is 0 Å². The molecule has 152 valence electrons. The summed E-state index contributed by atoms with van der Waals surface area (Å²) in [4.78, 5) is 30.6. The van der Waals surface area contributed by atoms with Crippen molar-refractivity contribution in [2.24, 2.45) is 0 Å². The standard InChI is InChI=1S/C23H24Cl2N2O2/c24-18-9-8-17(14-19(18)25)22-21(28)10-13-27(23(22)29)20(15-26-11-4-5-12-26)16-6-2-1-3-7-16/h1-3,6-9,14,20,22H,4-5,10-13,15H2. The van der Waals surface area contributed by atoms with E-state index in [1.54, 1.807) is 18.2 Å². The number of benzene rings is 2. The Kier molecular flexibility index (Phi) is 6.23. The van der Waals surface area contributed by atoms with Crippen LogP contribution in [0.2, 0.25) is 10.0 Å². The molecule has 0 radical (unpaired) electrons. The molecule has 2 unspecified atom stereocenters. The number of Topliss-reactive ketones (excluding diaryl/α,β-unsaturated/α-hetero) is 1. The fourth-order valence-electron chi connectivity index (χ4n) is 4.39. The summed E-state index contributed by atoms with van der Waals surface area (Å²) in [5, 5.41) is 0.776. The molecule has 2 aromatic rings. The van der Waals surface area contributed by atoms with Crippen molar-refractivity contribution in [2.75, 3.05) is 26.2 Å². The van der Waals surface area contributed by atoms with Gasteiger partial charge in [0.1, 0.15) is 5.92 Å². The predicted octanol–water partition coefficient (Wildman–Crippen LogP) is 4.72. The van der Waals surface area contributed by atoms with Crippen molar-refractivity contribution >= 4 is 34.9 Å². The quantitative estimate of drug-likeness (QED) is 0.644. The molecule has 0 aliphatic carbocycles. The van der Waals surface area contributed by atoms with E-state index in [-0.39, 0.29) is 17.7 Å². The van der Waals surface area contributed by atoms with Crippen LogP contribution in [0.4, 0.5) is 0 Å². The van der Waals surface area contributed by atoms with Gasteiger partial charge in [0.25, 0.3) is 0 Å². The maximum atomic E-state index is 13.5. The van der Waals surface area contributed by atoms with Gasteiger partial charge in [-0.2, -0.15) is 0 Å². The lowest BCUT2D eigenvalue weighted by atomic mass is 9.87. The van der Waals surface area contributed by atoms with Gasteiger partial charge in [-0.1, -0.05) is 59.6 Å². The van der Waals surface area contributed by atoms with Crippen molar-refractivity contribution in [3.8, 4) is 0 Å². The van der Waals surface area contributed by atoms with Crippen LogP contribution in [0.5, 0.6) is 0 Å². The molecule has 2 fully saturated rings. The lowest BCUT2D eigenvalue weighted by Crippen LogP contribution is -2.49. The van der Waals surface area contributed by atoms with Gasteiger partial charge in [-0.25, -0.2) is 0 Å². The van der Waals surface area contributed by atoms with Gasteiger partial charge in [-0.15, -0.1) is 0 Å². The summed E-state index contributed by atoms with van der Waals surface area (Å²) in [6.07, 6.45) is 2.74. The summed E-state index contributed by atoms with van der Waals surface area (Å²) in [6, 6.07) is 15.1. The molecule has 0 aromatic heterocycles. The van der Waals surface area contributed by atoms with E-state index in [0.717, 1.165) is 25.2 Å². The number of hydrogen-bond donors (Lipinski definition) is 0. The first-order valence-electron chi connectivity index (χ1n) is 10.1. The highest BCUT2D eigenvalue weighted by atomic mass is 35.5. The van der Waals surface area contributed by atoms with Gasteiger partial charge in [-0.05, 0) is 49.2 Å². The predicted molar refractivity (Wildman–Crippen MR) is 115 cm³/mol. The van der Waals surface area contributed by atoms with E-state index in [1.807, 2.05) is 23.1 Å². The molecule has 4 nitrogen and oxygen atoms in total. The minimum Gasteiger partial charge on any atom is -0.333 e. The van der Waals surface area contributed by atoms with Crippen LogP contribution < -0.4 is 0 Å². The molecule has 2 atom stereocenters. The molecule has 6 heteroatoms. The minimum atomic E-state index is -0.816. The number of amides is 1. The van der Waals surface area contributed by atoms with Crippen LogP contribution >= 0.6 is 23.2 Å². The Morgan fingerprint density at radius 3 is 2.34 bits per heavy atom. The Balaban J connectivity index is 1.65. The normalized spacial score (nSPS) is 21.6. The van der Waals surface area contributed by atoms with Gasteiger partial charge in [0.05, 0.1) is 16.1 Å².